The van der Waals surface area contributed by atoms with Gasteiger partial charge in [-0.15, -0.1) is 0 Å². The van der Waals surface area contributed by atoms with E-state index in [-0.39, 0.29) is 32.0 Å². The summed E-state index contributed by atoms with van der Waals surface area (Å²) in [6, 6.07) is 15.5. The maximum absolute atomic E-state index is 13.2. The number of hydrogen-bond acceptors (Lipinski definition) is 5. The van der Waals surface area contributed by atoms with E-state index >= 15 is 0 Å². The first-order valence-electron chi connectivity index (χ1n) is 11.5. The molecular weight excluding hydrogens is 467 g/mol. The van der Waals surface area contributed by atoms with Crippen molar-refractivity contribution in [3.8, 4) is 0 Å². The minimum absolute atomic E-state index is 0.0976. The van der Waals surface area contributed by atoms with E-state index in [1.807, 2.05) is 0 Å². The number of carbonyl (C=O) groups is 2. The van der Waals surface area contributed by atoms with Gasteiger partial charge >= 0.3 is 5.69 Å². The third-order valence-corrected chi connectivity index (χ3v) is 5.64. The van der Waals surface area contributed by atoms with Gasteiger partial charge in [-0.1, -0.05) is 12.1 Å². The lowest BCUT2D eigenvalue weighted by atomic mass is 10.2. The van der Waals surface area contributed by atoms with Gasteiger partial charge in [-0.25, -0.2) is 9.18 Å². The summed E-state index contributed by atoms with van der Waals surface area (Å²) in [5.41, 5.74) is -0.183. The highest BCUT2D eigenvalue weighted by molar-refractivity contribution is 5.90. The van der Waals surface area contributed by atoms with Crippen molar-refractivity contribution in [1.29, 1.82) is 0 Å². The molecule has 0 fully saturated rings. The van der Waals surface area contributed by atoms with Gasteiger partial charge in [-0.3, -0.25) is 23.5 Å². The number of nitrogens with zero attached hydrogens (tertiary/aromatic N) is 2. The number of nitrogens with one attached hydrogen (secondary N) is 2. The Bertz CT molecular complexity index is 1470. The van der Waals surface area contributed by atoms with Gasteiger partial charge in [0.05, 0.1) is 23.7 Å². The van der Waals surface area contributed by atoms with E-state index < -0.39 is 23.0 Å². The number of furan rings is 1. The lowest BCUT2D eigenvalue weighted by Crippen LogP contribution is -2.42. The molecule has 0 aliphatic carbocycles. The first-order valence-corrected chi connectivity index (χ1v) is 11.5. The molecular formula is C26H25FN4O5. The number of hydrogen-bond donors (Lipinski definition) is 2. The zero-order chi connectivity index (χ0) is 25.5. The fourth-order valence-electron chi connectivity index (χ4n) is 3.83. The average molecular weight is 493 g/mol. The van der Waals surface area contributed by atoms with E-state index in [0.29, 0.717) is 35.2 Å². The molecule has 4 aromatic rings. The van der Waals surface area contributed by atoms with Crippen LogP contribution in [0.4, 0.5) is 10.1 Å². The van der Waals surface area contributed by atoms with Crippen molar-refractivity contribution in [2.24, 2.45) is 0 Å². The lowest BCUT2D eigenvalue weighted by Gasteiger charge is -2.14. The van der Waals surface area contributed by atoms with Crippen LogP contribution in [0.1, 0.15) is 25.0 Å². The second kappa shape index (κ2) is 11.3. The second-order valence-electron chi connectivity index (χ2n) is 8.21. The van der Waals surface area contributed by atoms with Crippen molar-refractivity contribution in [1.82, 2.24) is 14.5 Å². The van der Waals surface area contributed by atoms with Crippen LogP contribution in [0.25, 0.3) is 10.9 Å². The average Bonchev–Trinajstić information content (AvgIpc) is 3.40. The van der Waals surface area contributed by atoms with Gasteiger partial charge < -0.3 is 15.1 Å². The van der Waals surface area contributed by atoms with Crippen LogP contribution >= 0.6 is 0 Å². The summed E-state index contributed by atoms with van der Waals surface area (Å²) < 4.78 is 20.6. The molecule has 186 valence electrons. The molecule has 0 saturated carbocycles. The third-order valence-electron chi connectivity index (χ3n) is 5.64. The molecule has 0 bridgehead atoms. The number of anilines is 1. The molecule has 0 atom stereocenters. The number of halogens is 1. The zero-order valence-electron chi connectivity index (χ0n) is 19.4. The minimum Gasteiger partial charge on any atom is -0.467 e. The Labute approximate surface area is 205 Å². The maximum Gasteiger partial charge on any atom is 0.331 e. The summed E-state index contributed by atoms with van der Waals surface area (Å²) in [6.07, 6.45) is 2.50. The highest BCUT2D eigenvalue weighted by Crippen LogP contribution is 2.11. The largest absolute Gasteiger partial charge is 0.467 e. The first-order chi connectivity index (χ1) is 17.4. The monoisotopic (exact) mass is 492 g/mol. The molecule has 2 N–H and O–H groups in total. The van der Waals surface area contributed by atoms with Crippen LogP contribution in [-0.4, -0.2) is 20.9 Å². The Hall–Kier alpha value is -4.47. The molecule has 0 saturated heterocycles. The Morgan fingerprint density at radius 3 is 2.42 bits per heavy atom. The Morgan fingerprint density at radius 1 is 0.889 bits per heavy atom. The van der Waals surface area contributed by atoms with E-state index in [1.54, 1.807) is 36.4 Å². The van der Waals surface area contributed by atoms with E-state index in [4.69, 9.17) is 4.42 Å². The van der Waals surface area contributed by atoms with Crippen molar-refractivity contribution in [2.45, 2.75) is 38.9 Å². The number of amides is 2. The maximum atomic E-state index is 13.2. The van der Waals surface area contributed by atoms with Crippen LogP contribution in [0.5, 0.6) is 0 Å². The Kier molecular flexibility index (Phi) is 7.74. The van der Waals surface area contributed by atoms with Crippen molar-refractivity contribution >= 4 is 28.4 Å². The van der Waals surface area contributed by atoms with Crippen molar-refractivity contribution < 1.29 is 18.4 Å². The van der Waals surface area contributed by atoms with E-state index in [2.05, 4.69) is 10.6 Å². The van der Waals surface area contributed by atoms with Crippen LogP contribution in [0.15, 0.2) is 80.9 Å². The summed E-state index contributed by atoms with van der Waals surface area (Å²) >= 11 is 0. The second-order valence-corrected chi connectivity index (χ2v) is 8.21. The van der Waals surface area contributed by atoms with E-state index in [1.165, 1.54) is 35.1 Å². The minimum atomic E-state index is -0.595. The number of benzene rings is 2. The summed E-state index contributed by atoms with van der Waals surface area (Å²) in [5.74, 6) is -0.470. The number of carbonyl (C=O) groups excluding carboxylic acids is 2. The lowest BCUT2D eigenvalue weighted by molar-refractivity contribution is -0.122. The SMILES string of the molecule is O=C(Cn1c(=O)n(CCCCC(=O)Nc2ccc(F)cc2)c(=O)c2ccccc21)NCc1ccco1. The molecule has 0 spiro atoms. The van der Waals surface area contributed by atoms with Crippen LogP contribution < -0.4 is 21.9 Å². The van der Waals surface area contributed by atoms with E-state index in [0.717, 1.165) is 4.57 Å². The molecule has 0 radical (unpaired) electrons. The fourth-order valence-corrected chi connectivity index (χ4v) is 3.83. The number of para-hydroxylation sites is 1. The predicted octanol–water partition coefficient (Wildman–Crippen LogP) is 3.02. The zero-order valence-corrected chi connectivity index (χ0v) is 19.4. The van der Waals surface area contributed by atoms with E-state index in [9.17, 15) is 23.6 Å². The molecule has 36 heavy (non-hydrogen) atoms. The molecule has 0 unspecified atom stereocenters. The van der Waals surface area contributed by atoms with Gasteiger partial charge in [0.25, 0.3) is 5.56 Å². The van der Waals surface area contributed by atoms with Crippen LogP contribution in [0, 0.1) is 5.82 Å². The summed E-state index contributed by atoms with van der Waals surface area (Å²) in [5, 5.41) is 5.70. The highest BCUT2D eigenvalue weighted by atomic mass is 19.1. The normalized spacial score (nSPS) is 10.9. The Balaban J connectivity index is 1.43. The number of fused-ring (bicyclic) bond motifs is 1. The number of aromatic nitrogens is 2. The van der Waals surface area contributed by atoms with Gasteiger partial charge in [0.15, 0.2) is 0 Å². The molecule has 0 aliphatic rings. The number of unbranched alkanes of at least 4 members (excludes halogenated alkanes) is 1. The van der Waals surface area contributed by atoms with Crippen molar-refractivity contribution in [2.75, 3.05) is 5.32 Å². The third kappa shape index (κ3) is 5.96. The number of rotatable bonds is 10. The molecule has 2 heterocycles. The summed E-state index contributed by atoms with van der Waals surface area (Å²) in [6.45, 7) is 0.0128. The molecule has 4 rings (SSSR count). The molecule has 2 amide bonds. The van der Waals surface area contributed by atoms with Crippen molar-refractivity contribution in [3.05, 3.63) is 99.3 Å². The summed E-state index contributed by atoms with van der Waals surface area (Å²) in [7, 11) is 0. The van der Waals surface area contributed by atoms with Gasteiger partial charge in [-0.05, 0) is 61.4 Å². The first kappa shape index (κ1) is 24.6. The fraction of sp³-hybridized carbons (Fsp3) is 0.231. The van der Waals surface area contributed by atoms with Crippen LogP contribution in [-0.2, 0) is 29.2 Å². The smallest absolute Gasteiger partial charge is 0.331 e. The highest BCUT2D eigenvalue weighted by Gasteiger charge is 2.15. The summed E-state index contributed by atoms with van der Waals surface area (Å²) in [4.78, 5) is 50.9. The van der Waals surface area contributed by atoms with Gasteiger partial charge in [0.2, 0.25) is 11.8 Å². The predicted molar refractivity (Wildman–Crippen MR) is 132 cm³/mol. The molecule has 2 aromatic heterocycles. The van der Waals surface area contributed by atoms with Crippen LogP contribution in [0.2, 0.25) is 0 Å². The quantitative estimate of drug-likeness (QED) is 0.330. The Morgan fingerprint density at radius 2 is 1.67 bits per heavy atom. The standard InChI is InChI=1S/C26H25FN4O5/c27-18-10-12-19(13-11-18)29-23(32)9-3-4-14-30-25(34)21-7-1-2-8-22(21)31(26(30)35)17-24(33)28-16-20-6-5-15-36-20/h1-2,5-8,10-13,15H,3-4,9,14,16-17H2,(H,28,33)(H,29,32). The molecule has 9 nitrogen and oxygen atoms in total. The van der Waals surface area contributed by atoms with Crippen molar-refractivity contribution in [3.63, 3.8) is 0 Å². The molecule has 10 heteroatoms. The molecule has 0 aliphatic heterocycles. The topological polar surface area (TPSA) is 115 Å². The van der Waals surface area contributed by atoms with Gasteiger partial charge in [0.1, 0.15) is 18.1 Å². The van der Waals surface area contributed by atoms with Gasteiger partial charge in [-0.2, -0.15) is 0 Å². The van der Waals surface area contributed by atoms with Crippen LogP contribution in [0.3, 0.4) is 0 Å². The van der Waals surface area contributed by atoms with Gasteiger partial charge in [0, 0.05) is 18.7 Å². The molecule has 2 aromatic carbocycles.